The summed E-state index contributed by atoms with van der Waals surface area (Å²) >= 11 is 0. The zero-order chi connectivity index (χ0) is 18.6. The van der Waals surface area contributed by atoms with E-state index in [0.29, 0.717) is 12.1 Å². The highest BCUT2D eigenvalue weighted by molar-refractivity contribution is 7.90. The molecule has 7 nitrogen and oxygen atoms in total. The van der Waals surface area contributed by atoms with Crippen LogP contribution < -0.4 is 16.0 Å². The largest absolute Gasteiger partial charge is 0.354 e. The number of aliphatic imine (C=N–C) groups is 1. The average molecular weight is 372 g/mol. The summed E-state index contributed by atoms with van der Waals surface area (Å²) in [6, 6.07) is 13.6. The summed E-state index contributed by atoms with van der Waals surface area (Å²) in [5, 5.41) is 9.14. The second kappa shape index (κ2) is 7.57. The molecule has 136 valence electrons. The number of sulfone groups is 1. The summed E-state index contributed by atoms with van der Waals surface area (Å²) in [4.78, 5) is 16.6. The summed E-state index contributed by atoms with van der Waals surface area (Å²) in [5.74, 6) is 0.514. The Bertz CT molecular complexity index is 920. The van der Waals surface area contributed by atoms with E-state index >= 15 is 0 Å². The van der Waals surface area contributed by atoms with Gasteiger partial charge in [-0.1, -0.05) is 12.1 Å². The van der Waals surface area contributed by atoms with Crippen LogP contribution in [0.2, 0.25) is 0 Å². The molecule has 1 amide bonds. The third-order valence-corrected chi connectivity index (χ3v) is 5.02. The Morgan fingerprint density at radius 2 is 1.81 bits per heavy atom. The molecule has 0 spiro atoms. The molecule has 0 aliphatic carbocycles. The van der Waals surface area contributed by atoms with Gasteiger partial charge in [0, 0.05) is 30.6 Å². The van der Waals surface area contributed by atoms with Crippen molar-refractivity contribution in [1.82, 2.24) is 10.6 Å². The number of carbonyl (C=O) groups is 1. The van der Waals surface area contributed by atoms with Crippen LogP contribution in [0.1, 0.15) is 15.9 Å². The van der Waals surface area contributed by atoms with Crippen molar-refractivity contribution in [3.63, 3.8) is 0 Å². The molecule has 1 aliphatic heterocycles. The first kappa shape index (κ1) is 17.9. The standard InChI is InChI=1S/C18H20N4O3S/c1-26(24,25)16-8-4-14(5-9-16)17(23)21-12-13-2-6-15(7-3-13)22-18-19-10-11-20-18/h2-9H,10-12H2,1H3,(H,21,23)(H2,19,20,22). The van der Waals surface area contributed by atoms with Crippen molar-refractivity contribution in [2.75, 3.05) is 24.7 Å². The van der Waals surface area contributed by atoms with Crippen LogP contribution in [-0.2, 0) is 16.4 Å². The van der Waals surface area contributed by atoms with Crippen molar-refractivity contribution in [3.8, 4) is 0 Å². The lowest BCUT2D eigenvalue weighted by Gasteiger charge is -2.09. The molecule has 3 rings (SSSR count). The quantitative estimate of drug-likeness (QED) is 0.737. The van der Waals surface area contributed by atoms with Crippen molar-refractivity contribution < 1.29 is 13.2 Å². The lowest BCUT2D eigenvalue weighted by Crippen LogP contribution is -2.26. The fourth-order valence-corrected chi connectivity index (χ4v) is 3.09. The summed E-state index contributed by atoms with van der Waals surface area (Å²) in [5.41, 5.74) is 2.29. The van der Waals surface area contributed by atoms with E-state index in [2.05, 4.69) is 20.9 Å². The molecule has 1 heterocycles. The number of nitrogens with one attached hydrogen (secondary N) is 3. The molecule has 0 fully saturated rings. The number of hydrogen-bond acceptors (Lipinski definition) is 6. The molecule has 0 unspecified atom stereocenters. The molecule has 2 aromatic carbocycles. The first-order valence-electron chi connectivity index (χ1n) is 8.14. The summed E-state index contributed by atoms with van der Waals surface area (Å²) < 4.78 is 22.9. The van der Waals surface area contributed by atoms with E-state index in [-0.39, 0.29) is 10.8 Å². The number of nitrogens with zero attached hydrogens (tertiary/aromatic N) is 1. The number of anilines is 1. The zero-order valence-electron chi connectivity index (χ0n) is 14.3. The number of rotatable bonds is 5. The van der Waals surface area contributed by atoms with Gasteiger partial charge in [0.2, 0.25) is 0 Å². The molecular formula is C18H20N4O3S. The molecule has 0 saturated carbocycles. The van der Waals surface area contributed by atoms with Crippen LogP contribution in [0.15, 0.2) is 58.4 Å². The molecule has 0 radical (unpaired) electrons. The van der Waals surface area contributed by atoms with Gasteiger partial charge in [0.05, 0.1) is 11.4 Å². The van der Waals surface area contributed by atoms with Gasteiger partial charge < -0.3 is 16.0 Å². The fourth-order valence-electron chi connectivity index (χ4n) is 2.46. The van der Waals surface area contributed by atoms with E-state index in [1.165, 1.54) is 24.3 Å². The summed E-state index contributed by atoms with van der Waals surface area (Å²) in [6.07, 6.45) is 1.13. The third-order valence-electron chi connectivity index (χ3n) is 3.89. The van der Waals surface area contributed by atoms with E-state index in [1.54, 1.807) is 0 Å². The van der Waals surface area contributed by atoms with E-state index in [0.717, 1.165) is 36.6 Å². The van der Waals surface area contributed by atoms with Gasteiger partial charge in [-0.05, 0) is 42.0 Å². The molecule has 0 bridgehead atoms. The van der Waals surface area contributed by atoms with Crippen LogP contribution in [0.3, 0.4) is 0 Å². The molecule has 26 heavy (non-hydrogen) atoms. The Labute approximate surface area is 152 Å². The molecular weight excluding hydrogens is 352 g/mol. The monoisotopic (exact) mass is 372 g/mol. The second-order valence-electron chi connectivity index (χ2n) is 5.96. The van der Waals surface area contributed by atoms with Crippen molar-refractivity contribution in [2.45, 2.75) is 11.4 Å². The Hall–Kier alpha value is -2.87. The minimum Gasteiger partial charge on any atom is -0.354 e. The van der Waals surface area contributed by atoms with Crippen LogP contribution in [0.5, 0.6) is 0 Å². The Balaban J connectivity index is 1.55. The highest BCUT2D eigenvalue weighted by Crippen LogP contribution is 2.12. The van der Waals surface area contributed by atoms with Gasteiger partial charge in [0.15, 0.2) is 15.8 Å². The van der Waals surface area contributed by atoms with Crippen LogP contribution in [0, 0.1) is 0 Å². The van der Waals surface area contributed by atoms with Crippen molar-refractivity contribution in [1.29, 1.82) is 0 Å². The molecule has 3 N–H and O–H groups in total. The number of benzene rings is 2. The van der Waals surface area contributed by atoms with Crippen LogP contribution in [-0.4, -0.2) is 39.6 Å². The minimum absolute atomic E-state index is 0.193. The van der Waals surface area contributed by atoms with Crippen LogP contribution in [0.25, 0.3) is 0 Å². The van der Waals surface area contributed by atoms with Crippen molar-refractivity contribution in [3.05, 3.63) is 59.7 Å². The SMILES string of the molecule is CS(=O)(=O)c1ccc(C(=O)NCc2ccc(NC3=NCCN3)cc2)cc1. The second-order valence-corrected chi connectivity index (χ2v) is 7.97. The molecule has 8 heteroatoms. The normalized spacial score (nSPS) is 13.7. The maximum absolute atomic E-state index is 12.2. The average Bonchev–Trinajstić information content (AvgIpc) is 3.13. The maximum Gasteiger partial charge on any atom is 0.251 e. The first-order chi connectivity index (χ1) is 12.4. The van der Waals surface area contributed by atoms with Gasteiger partial charge in [0.25, 0.3) is 5.91 Å². The first-order valence-corrected chi connectivity index (χ1v) is 10.0. The minimum atomic E-state index is -3.26. The maximum atomic E-state index is 12.2. The van der Waals surface area contributed by atoms with Crippen LogP contribution in [0.4, 0.5) is 5.69 Å². The van der Waals surface area contributed by atoms with E-state index < -0.39 is 9.84 Å². The molecule has 0 atom stereocenters. The molecule has 2 aromatic rings. The predicted octanol–water partition coefficient (Wildman–Crippen LogP) is 1.39. The zero-order valence-corrected chi connectivity index (χ0v) is 15.1. The lowest BCUT2D eigenvalue weighted by atomic mass is 10.2. The Morgan fingerprint density at radius 1 is 1.12 bits per heavy atom. The molecule has 0 saturated heterocycles. The van der Waals surface area contributed by atoms with Gasteiger partial charge in [-0.15, -0.1) is 0 Å². The van der Waals surface area contributed by atoms with Gasteiger partial charge in [-0.2, -0.15) is 0 Å². The van der Waals surface area contributed by atoms with E-state index in [4.69, 9.17) is 0 Å². The summed E-state index contributed by atoms with van der Waals surface area (Å²) in [7, 11) is -3.26. The van der Waals surface area contributed by atoms with Gasteiger partial charge in [-0.3, -0.25) is 9.79 Å². The summed E-state index contributed by atoms with van der Waals surface area (Å²) in [6.45, 7) is 2.00. The van der Waals surface area contributed by atoms with Gasteiger partial charge in [-0.25, -0.2) is 8.42 Å². The smallest absolute Gasteiger partial charge is 0.251 e. The molecule has 1 aliphatic rings. The number of guanidine groups is 1. The predicted molar refractivity (Wildman–Crippen MR) is 101 cm³/mol. The highest BCUT2D eigenvalue weighted by atomic mass is 32.2. The number of amides is 1. The highest BCUT2D eigenvalue weighted by Gasteiger charge is 2.10. The van der Waals surface area contributed by atoms with E-state index in [9.17, 15) is 13.2 Å². The lowest BCUT2D eigenvalue weighted by molar-refractivity contribution is 0.0951. The van der Waals surface area contributed by atoms with Gasteiger partial charge >= 0.3 is 0 Å². The Kier molecular flexibility index (Phi) is 5.22. The number of hydrogen-bond donors (Lipinski definition) is 3. The van der Waals surface area contributed by atoms with Gasteiger partial charge in [0.1, 0.15) is 0 Å². The van der Waals surface area contributed by atoms with E-state index in [1.807, 2.05) is 24.3 Å². The van der Waals surface area contributed by atoms with Crippen molar-refractivity contribution >= 4 is 27.4 Å². The fraction of sp³-hybridized carbons (Fsp3) is 0.222. The number of carbonyl (C=O) groups excluding carboxylic acids is 1. The molecule has 0 aromatic heterocycles. The Morgan fingerprint density at radius 3 is 2.38 bits per heavy atom. The topological polar surface area (TPSA) is 99.7 Å². The third kappa shape index (κ3) is 4.60. The van der Waals surface area contributed by atoms with Crippen molar-refractivity contribution in [2.24, 2.45) is 4.99 Å². The van der Waals surface area contributed by atoms with Crippen LogP contribution >= 0.6 is 0 Å².